The first-order valence-corrected chi connectivity index (χ1v) is 9.27. The zero-order valence-electron chi connectivity index (χ0n) is 14.5. The number of sulfonamides is 1. The van der Waals surface area contributed by atoms with Crippen LogP contribution < -0.4 is 0 Å². The van der Waals surface area contributed by atoms with Gasteiger partial charge in [0.1, 0.15) is 0 Å². The van der Waals surface area contributed by atoms with Gasteiger partial charge in [0.25, 0.3) is 0 Å². The first kappa shape index (κ1) is 21.7. The lowest BCUT2D eigenvalue weighted by atomic mass is 9.87. The molecule has 22 heavy (non-hydrogen) atoms. The van der Waals surface area contributed by atoms with E-state index in [-0.39, 0.29) is 12.5 Å². The standard InChI is InChI=1S/C14H29F3N2O2S/c1-8-13(5,18(6)22(7,20)21)9-12(4)10-19(11(2)3)14(15,16)17/h11-12H,8-10H2,1-7H3. The van der Waals surface area contributed by atoms with E-state index in [2.05, 4.69) is 0 Å². The van der Waals surface area contributed by atoms with Gasteiger partial charge in [0.15, 0.2) is 0 Å². The van der Waals surface area contributed by atoms with Crippen molar-refractivity contribution in [2.24, 2.45) is 5.92 Å². The summed E-state index contributed by atoms with van der Waals surface area (Å²) in [5.41, 5.74) is -0.693. The molecule has 0 radical (unpaired) electrons. The van der Waals surface area contributed by atoms with E-state index in [0.29, 0.717) is 17.7 Å². The fraction of sp³-hybridized carbons (Fsp3) is 1.00. The molecular weight excluding hydrogens is 317 g/mol. The Balaban J connectivity index is 5.12. The van der Waals surface area contributed by atoms with E-state index >= 15 is 0 Å². The Morgan fingerprint density at radius 2 is 1.59 bits per heavy atom. The van der Waals surface area contributed by atoms with Crippen LogP contribution in [-0.4, -0.2) is 55.4 Å². The molecule has 0 fully saturated rings. The molecule has 0 bridgehead atoms. The molecule has 0 heterocycles. The Bertz CT molecular complexity index is 451. The fourth-order valence-electron chi connectivity index (χ4n) is 2.65. The molecule has 2 unspecified atom stereocenters. The lowest BCUT2D eigenvalue weighted by Crippen LogP contribution is -2.50. The number of halogens is 3. The quantitative estimate of drug-likeness (QED) is 0.633. The summed E-state index contributed by atoms with van der Waals surface area (Å²) in [6, 6.07) is -0.650. The minimum absolute atomic E-state index is 0.144. The highest BCUT2D eigenvalue weighted by molar-refractivity contribution is 7.88. The van der Waals surface area contributed by atoms with Crippen molar-refractivity contribution in [3.8, 4) is 0 Å². The minimum atomic E-state index is -4.38. The highest BCUT2D eigenvalue weighted by atomic mass is 32.2. The lowest BCUT2D eigenvalue weighted by Gasteiger charge is -2.40. The van der Waals surface area contributed by atoms with Crippen LogP contribution in [0.3, 0.4) is 0 Å². The molecular formula is C14H29F3N2O2S. The van der Waals surface area contributed by atoms with E-state index in [1.807, 2.05) is 6.92 Å². The maximum absolute atomic E-state index is 13.0. The van der Waals surface area contributed by atoms with Crippen molar-refractivity contribution in [1.82, 2.24) is 9.21 Å². The number of rotatable bonds is 8. The second-order valence-corrected chi connectivity index (χ2v) is 8.62. The van der Waals surface area contributed by atoms with Crippen LogP contribution in [0.5, 0.6) is 0 Å². The zero-order chi connectivity index (χ0) is 17.9. The Labute approximate surface area is 132 Å². The van der Waals surface area contributed by atoms with Crippen LogP contribution in [-0.2, 0) is 10.0 Å². The van der Waals surface area contributed by atoms with Gasteiger partial charge in [-0.05, 0) is 39.5 Å². The number of alkyl halides is 3. The summed E-state index contributed by atoms with van der Waals surface area (Å²) in [6.45, 7) is 8.21. The second-order valence-electron chi connectivity index (χ2n) is 6.60. The van der Waals surface area contributed by atoms with Crippen molar-refractivity contribution >= 4 is 10.0 Å². The van der Waals surface area contributed by atoms with E-state index in [1.54, 1.807) is 13.8 Å². The molecule has 0 aliphatic rings. The van der Waals surface area contributed by atoms with Gasteiger partial charge in [-0.15, -0.1) is 0 Å². The molecule has 2 atom stereocenters. The third kappa shape index (κ3) is 6.04. The van der Waals surface area contributed by atoms with Gasteiger partial charge < -0.3 is 0 Å². The van der Waals surface area contributed by atoms with Crippen molar-refractivity contribution in [1.29, 1.82) is 0 Å². The van der Waals surface area contributed by atoms with Crippen LogP contribution >= 0.6 is 0 Å². The average molecular weight is 346 g/mol. The van der Waals surface area contributed by atoms with E-state index in [1.165, 1.54) is 25.2 Å². The van der Waals surface area contributed by atoms with Crippen LogP contribution in [0.1, 0.15) is 47.5 Å². The first-order valence-electron chi connectivity index (χ1n) is 7.42. The molecule has 0 aliphatic heterocycles. The summed E-state index contributed by atoms with van der Waals surface area (Å²) in [7, 11) is -1.91. The van der Waals surface area contributed by atoms with Crippen molar-refractivity contribution in [3.05, 3.63) is 0 Å². The van der Waals surface area contributed by atoms with Crippen molar-refractivity contribution < 1.29 is 21.6 Å². The highest BCUT2D eigenvalue weighted by Gasteiger charge is 2.41. The Hall–Kier alpha value is -0.340. The SMILES string of the molecule is CCC(C)(CC(C)CN(C(C)C)C(F)(F)F)N(C)S(C)(=O)=O. The smallest absolute Gasteiger partial charge is 0.212 e. The van der Waals surface area contributed by atoms with Gasteiger partial charge in [-0.25, -0.2) is 13.3 Å². The highest BCUT2D eigenvalue weighted by Crippen LogP contribution is 2.31. The van der Waals surface area contributed by atoms with Gasteiger partial charge in [0.2, 0.25) is 10.0 Å². The number of nitrogens with zero attached hydrogens (tertiary/aromatic N) is 2. The monoisotopic (exact) mass is 346 g/mol. The first-order chi connectivity index (χ1) is 9.65. The molecule has 0 aromatic rings. The topological polar surface area (TPSA) is 40.6 Å². The summed E-state index contributed by atoms with van der Waals surface area (Å²) in [5, 5.41) is 0. The summed E-state index contributed by atoms with van der Waals surface area (Å²) in [4.78, 5) is 0.494. The normalized spacial score (nSPS) is 18.0. The molecule has 0 saturated heterocycles. The molecule has 0 aromatic carbocycles. The third-order valence-corrected chi connectivity index (χ3v) is 5.70. The van der Waals surface area contributed by atoms with Crippen molar-refractivity contribution in [2.45, 2.75) is 65.3 Å². The van der Waals surface area contributed by atoms with E-state index in [9.17, 15) is 21.6 Å². The molecule has 8 heteroatoms. The third-order valence-electron chi connectivity index (χ3n) is 4.26. The molecule has 0 spiro atoms. The minimum Gasteiger partial charge on any atom is -0.212 e. The predicted octanol–water partition coefficient (Wildman–Crippen LogP) is 3.30. The van der Waals surface area contributed by atoms with Crippen LogP contribution in [0.25, 0.3) is 0 Å². The number of hydrogen-bond acceptors (Lipinski definition) is 3. The molecule has 0 saturated carbocycles. The van der Waals surface area contributed by atoms with Crippen molar-refractivity contribution in [3.63, 3.8) is 0 Å². The van der Waals surface area contributed by atoms with E-state index in [4.69, 9.17) is 0 Å². The fourth-order valence-corrected chi connectivity index (χ4v) is 3.66. The number of hydrogen-bond donors (Lipinski definition) is 0. The van der Waals surface area contributed by atoms with Crippen molar-refractivity contribution in [2.75, 3.05) is 19.8 Å². The van der Waals surface area contributed by atoms with E-state index in [0.717, 1.165) is 6.26 Å². The molecule has 0 aromatic heterocycles. The Morgan fingerprint density at radius 1 is 1.14 bits per heavy atom. The van der Waals surface area contributed by atoms with Gasteiger partial charge in [0.05, 0.1) is 6.26 Å². The van der Waals surface area contributed by atoms with Gasteiger partial charge in [-0.3, -0.25) is 0 Å². The summed E-state index contributed by atoms with van der Waals surface area (Å²) in [6.07, 6.45) is -2.36. The summed E-state index contributed by atoms with van der Waals surface area (Å²) >= 11 is 0. The lowest BCUT2D eigenvalue weighted by molar-refractivity contribution is -0.258. The van der Waals surface area contributed by atoms with Gasteiger partial charge in [-0.2, -0.15) is 17.5 Å². The molecule has 0 amide bonds. The largest absolute Gasteiger partial charge is 0.460 e. The maximum atomic E-state index is 13.0. The summed E-state index contributed by atoms with van der Waals surface area (Å²) in [5.74, 6) is -0.293. The Morgan fingerprint density at radius 3 is 1.86 bits per heavy atom. The Kier molecular flexibility index (Phi) is 7.37. The van der Waals surface area contributed by atoms with Gasteiger partial charge in [0, 0.05) is 25.2 Å². The van der Waals surface area contributed by atoms with Crippen LogP contribution in [0.15, 0.2) is 0 Å². The van der Waals surface area contributed by atoms with Gasteiger partial charge in [-0.1, -0.05) is 13.8 Å². The van der Waals surface area contributed by atoms with Crippen LogP contribution in [0, 0.1) is 5.92 Å². The molecule has 0 N–H and O–H groups in total. The molecule has 4 nitrogen and oxygen atoms in total. The molecule has 0 aliphatic carbocycles. The van der Waals surface area contributed by atoms with Crippen LogP contribution in [0.4, 0.5) is 13.2 Å². The average Bonchev–Trinajstić information content (AvgIpc) is 2.31. The zero-order valence-corrected chi connectivity index (χ0v) is 15.3. The second kappa shape index (κ2) is 7.49. The van der Waals surface area contributed by atoms with Gasteiger partial charge >= 0.3 is 6.30 Å². The maximum Gasteiger partial charge on any atom is 0.460 e. The molecule has 0 rings (SSSR count). The van der Waals surface area contributed by atoms with Crippen LogP contribution in [0.2, 0.25) is 0 Å². The van der Waals surface area contributed by atoms with E-state index < -0.39 is 27.9 Å². The summed E-state index contributed by atoms with van der Waals surface area (Å²) < 4.78 is 63.8. The predicted molar refractivity (Wildman–Crippen MR) is 83.0 cm³/mol. The molecule has 134 valence electrons.